The van der Waals surface area contributed by atoms with Crippen LogP contribution in [0.1, 0.15) is 23.0 Å². The van der Waals surface area contributed by atoms with Gasteiger partial charge in [-0.15, -0.1) is 11.3 Å². The number of nitrogens with zero attached hydrogens (tertiary/aromatic N) is 2. The highest BCUT2D eigenvalue weighted by Gasteiger charge is 2.20. The van der Waals surface area contributed by atoms with Crippen LogP contribution in [-0.2, 0) is 11.2 Å². The Labute approximate surface area is 81.0 Å². The summed E-state index contributed by atoms with van der Waals surface area (Å²) < 4.78 is 5.28. The molecule has 1 aliphatic heterocycles. The molecule has 2 rings (SSSR count). The van der Waals surface area contributed by atoms with E-state index in [0.29, 0.717) is 12.3 Å². The van der Waals surface area contributed by atoms with Gasteiger partial charge in [0, 0.05) is 17.9 Å². The first-order valence-corrected chi connectivity index (χ1v) is 5.17. The molecule has 1 unspecified atom stereocenters. The Morgan fingerprint density at radius 1 is 1.77 bits per heavy atom. The fraction of sp³-hybridized carbons (Fsp3) is 0.556. The summed E-state index contributed by atoms with van der Waals surface area (Å²) in [6, 6.07) is 2.10. The monoisotopic (exact) mass is 194 g/mol. The largest absolute Gasteiger partial charge is 0.381 e. The van der Waals surface area contributed by atoms with Crippen LogP contribution in [-0.4, -0.2) is 18.2 Å². The molecular formula is C9H10N2OS. The van der Waals surface area contributed by atoms with Gasteiger partial charge in [0.2, 0.25) is 0 Å². The van der Waals surface area contributed by atoms with Gasteiger partial charge in [-0.3, -0.25) is 0 Å². The summed E-state index contributed by atoms with van der Waals surface area (Å²) in [6.07, 6.45) is 1.49. The third-order valence-corrected chi connectivity index (χ3v) is 3.16. The highest BCUT2D eigenvalue weighted by Crippen LogP contribution is 2.27. The molecule has 1 fully saturated rings. The van der Waals surface area contributed by atoms with Crippen LogP contribution in [0.3, 0.4) is 0 Å². The van der Waals surface area contributed by atoms with Gasteiger partial charge in [-0.05, 0) is 6.42 Å². The second-order valence-corrected chi connectivity index (χ2v) is 3.96. The summed E-state index contributed by atoms with van der Waals surface area (Å²) in [6.45, 7) is 1.64. The van der Waals surface area contributed by atoms with Gasteiger partial charge >= 0.3 is 0 Å². The molecule has 1 saturated heterocycles. The maximum atomic E-state index is 8.48. The van der Waals surface area contributed by atoms with E-state index in [-0.39, 0.29) is 0 Å². The lowest BCUT2D eigenvalue weighted by Crippen LogP contribution is -1.96. The highest BCUT2D eigenvalue weighted by molar-refractivity contribution is 7.09. The van der Waals surface area contributed by atoms with Gasteiger partial charge in [0.05, 0.1) is 29.8 Å². The predicted octanol–water partition coefficient (Wildman–Crippen LogP) is 1.71. The number of hydrogen-bond donors (Lipinski definition) is 0. The van der Waals surface area contributed by atoms with Gasteiger partial charge in [0.15, 0.2) is 0 Å². The molecule has 13 heavy (non-hydrogen) atoms. The fourth-order valence-electron chi connectivity index (χ4n) is 1.40. The van der Waals surface area contributed by atoms with Crippen molar-refractivity contribution in [3.63, 3.8) is 0 Å². The molecule has 3 nitrogen and oxygen atoms in total. The minimum atomic E-state index is 0.421. The first kappa shape index (κ1) is 8.67. The van der Waals surface area contributed by atoms with Crippen LogP contribution in [0, 0.1) is 11.3 Å². The molecular weight excluding hydrogens is 184 g/mol. The van der Waals surface area contributed by atoms with E-state index in [0.717, 1.165) is 30.3 Å². The summed E-state index contributed by atoms with van der Waals surface area (Å²) in [5.74, 6) is 0.470. The Hall–Kier alpha value is -0.920. The Morgan fingerprint density at radius 2 is 2.69 bits per heavy atom. The van der Waals surface area contributed by atoms with E-state index < -0.39 is 0 Å². The average molecular weight is 194 g/mol. The second kappa shape index (κ2) is 3.86. The molecule has 68 valence electrons. The van der Waals surface area contributed by atoms with Gasteiger partial charge in [0.1, 0.15) is 0 Å². The molecule has 0 aromatic carbocycles. The molecule has 0 spiro atoms. The van der Waals surface area contributed by atoms with Gasteiger partial charge in [0.25, 0.3) is 0 Å². The van der Waals surface area contributed by atoms with Crippen molar-refractivity contribution in [2.45, 2.75) is 18.8 Å². The molecule has 4 heteroatoms. The molecule has 2 heterocycles. The zero-order valence-corrected chi connectivity index (χ0v) is 8.01. The molecule has 0 aliphatic carbocycles. The summed E-state index contributed by atoms with van der Waals surface area (Å²) in [5.41, 5.74) is 0.898. The van der Waals surface area contributed by atoms with Crippen molar-refractivity contribution >= 4 is 11.3 Å². The number of nitriles is 1. The number of hydrogen-bond acceptors (Lipinski definition) is 4. The number of aromatic nitrogens is 1. The summed E-state index contributed by atoms with van der Waals surface area (Å²) >= 11 is 1.64. The van der Waals surface area contributed by atoms with Crippen LogP contribution in [0.25, 0.3) is 0 Å². The number of rotatable bonds is 2. The molecule has 0 saturated carbocycles. The minimum absolute atomic E-state index is 0.421. The molecule has 1 aliphatic rings. The molecule has 0 amide bonds. The standard InChI is InChI=1S/C9H10N2OS/c10-3-1-8-6-13-9(11-8)7-2-4-12-5-7/h6-7H,1-2,4-5H2. The van der Waals surface area contributed by atoms with E-state index >= 15 is 0 Å². The van der Waals surface area contributed by atoms with Crippen LogP contribution in [0.5, 0.6) is 0 Å². The predicted molar refractivity (Wildman–Crippen MR) is 49.6 cm³/mol. The molecule has 1 aromatic heterocycles. The molecule has 1 aromatic rings. The second-order valence-electron chi connectivity index (χ2n) is 3.07. The van der Waals surface area contributed by atoms with Gasteiger partial charge < -0.3 is 4.74 Å². The van der Waals surface area contributed by atoms with Crippen LogP contribution < -0.4 is 0 Å². The van der Waals surface area contributed by atoms with Gasteiger partial charge in [-0.25, -0.2) is 4.98 Å². The van der Waals surface area contributed by atoms with E-state index in [9.17, 15) is 0 Å². The first-order valence-electron chi connectivity index (χ1n) is 4.29. The lowest BCUT2D eigenvalue weighted by molar-refractivity contribution is 0.194. The van der Waals surface area contributed by atoms with E-state index in [2.05, 4.69) is 11.1 Å². The van der Waals surface area contributed by atoms with E-state index in [1.165, 1.54) is 0 Å². The highest BCUT2D eigenvalue weighted by atomic mass is 32.1. The smallest absolute Gasteiger partial charge is 0.0983 e. The lowest BCUT2D eigenvalue weighted by Gasteiger charge is -2.00. The lowest BCUT2D eigenvalue weighted by atomic mass is 10.1. The Morgan fingerprint density at radius 3 is 3.38 bits per heavy atom. The number of ether oxygens (including phenoxy) is 1. The summed E-state index contributed by atoms with van der Waals surface area (Å²) in [4.78, 5) is 4.40. The van der Waals surface area contributed by atoms with E-state index in [4.69, 9.17) is 10.00 Å². The van der Waals surface area contributed by atoms with Crippen LogP contribution >= 0.6 is 11.3 Å². The topological polar surface area (TPSA) is 45.9 Å². The zero-order valence-electron chi connectivity index (χ0n) is 7.19. The Balaban J connectivity index is 2.08. The summed E-state index contributed by atoms with van der Waals surface area (Å²) in [5, 5.41) is 11.6. The van der Waals surface area contributed by atoms with Crippen molar-refractivity contribution in [1.29, 1.82) is 5.26 Å². The number of thiazole rings is 1. The van der Waals surface area contributed by atoms with E-state index in [1.807, 2.05) is 5.38 Å². The summed E-state index contributed by atoms with van der Waals surface area (Å²) in [7, 11) is 0. The van der Waals surface area contributed by atoms with E-state index in [1.54, 1.807) is 11.3 Å². The Kier molecular flexibility index (Phi) is 2.57. The maximum absolute atomic E-state index is 8.48. The normalized spacial score (nSPS) is 21.6. The van der Waals surface area contributed by atoms with Crippen molar-refractivity contribution in [3.05, 3.63) is 16.1 Å². The third-order valence-electron chi connectivity index (χ3n) is 2.11. The first-order chi connectivity index (χ1) is 6.40. The zero-order chi connectivity index (χ0) is 9.10. The van der Waals surface area contributed by atoms with Crippen molar-refractivity contribution in [2.75, 3.05) is 13.2 Å². The van der Waals surface area contributed by atoms with Crippen LogP contribution in [0.15, 0.2) is 5.38 Å². The third kappa shape index (κ3) is 1.87. The SMILES string of the molecule is N#CCc1csc(C2CCOC2)n1. The van der Waals surface area contributed by atoms with Crippen molar-refractivity contribution < 1.29 is 4.74 Å². The van der Waals surface area contributed by atoms with Crippen LogP contribution in [0.2, 0.25) is 0 Å². The van der Waals surface area contributed by atoms with Gasteiger partial charge in [-0.1, -0.05) is 0 Å². The fourth-order valence-corrected chi connectivity index (χ4v) is 2.34. The molecule has 0 radical (unpaired) electrons. The minimum Gasteiger partial charge on any atom is -0.381 e. The molecule has 0 N–H and O–H groups in total. The van der Waals surface area contributed by atoms with Crippen molar-refractivity contribution in [3.8, 4) is 6.07 Å². The maximum Gasteiger partial charge on any atom is 0.0983 e. The van der Waals surface area contributed by atoms with Crippen molar-refractivity contribution in [2.24, 2.45) is 0 Å². The van der Waals surface area contributed by atoms with Gasteiger partial charge in [-0.2, -0.15) is 5.26 Å². The average Bonchev–Trinajstić information content (AvgIpc) is 2.70. The van der Waals surface area contributed by atoms with Crippen LogP contribution in [0.4, 0.5) is 0 Å². The molecule has 1 atom stereocenters. The quantitative estimate of drug-likeness (QED) is 0.720. The van der Waals surface area contributed by atoms with Crippen molar-refractivity contribution in [1.82, 2.24) is 4.98 Å². The Bertz CT molecular complexity index is 323. The molecule has 0 bridgehead atoms.